The Morgan fingerprint density at radius 2 is 1.55 bits per heavy atom. The Labute approximate surface area is 318 Å². The molecule has 1 aliphatic carbocycles. The van der Waals surface area contributed by atoms with Crippen LogP contribution in [0, 0.1) is 39.4 Å². The number of nitriles is 3. The van der Waals surface area contributed by atoms with Gasteiger partial charge in [-0.25, -0.2) is 0 Å². The summed E-state index contributed by atoms with van der Waals surface area (Å²) in [6.07, 6.45) is 20.3. The zero-order valence-corrected chi connectivity index (χ0v) is 32.9. The van der Waals surface area contributed by atoms with Crippen molar-refractivity contribution in [2.24, 2.45) is 5.41 Å². The van der Waals surface area contributed by atoms with Gasteiger partial charge in [0, 0.05) is 36.0 Å². The van der Waals surface area contributed by atoms with Gasteiger partial charge in [-0.3, -0.25) is 0 Å². The number of nitrogens with zero attached hydrogens (tertiary/aromatic N) is 4. The Morgan fingerprint density at radius 3 is 2.15 bits per heavy atom. The maximum Gasteiger partial charge on any atom is 0.172 e. The molecule has 0 aromatic heterocycles. The van der Waals surface area contributed by atoms with Crippen molar-refractivity contribution in [3.63, 3.8) is 0 Å². The summed E-state index contributed by atoms with van der Waals surface area (Å²) in [5.74, 6) is 0.913. The normalized spacial score (nSPS) is 19.0. The molecule has 2 aromatic rings. The van der Waals surface area contributed by atoms with Crippen LogP contribution in [-0.2, 0) is 10.3 Å². The average molecular weight is 709 g/mol. The van der Waals surface area contributed by atoms with Crippen LogP contribution in [0.1, 0.15) is 110 Å². The van der Waals surface area contributed by atoms with Gasteiger partial charge in [-0.05, 0) is 85.3 Å². The molecule has 6 nitrogen and oxygen atoms in total. The molecular formula is C47H56N4O2. The Hall–Kier alpha value is -5.25. The molecular weight excluding hydrogens is 653 g/mol. The maximum atomic E-state index is 10.3. The third-order valence-corrected chi connectivity index (χ3v) is 10.3. The molecule has 0 radical (unpaired) electrons. The van der Waals surface area contributed by atoms with Gasteiger partial charge < -0.3 is 14.4 Å². The first kappa shape index (κ1) is 40.5. The first-order chi connectivity index (χ1) is 25.6. The number of hydrogen-bond donors (Lipinski definition) is 0. The molecule has 276 valence electrons. The molecule has 1 heterocycles. The van der Waals surface area contributed by atoms with Gasteiger partial charge in [0.05, 0.1) is 7.11 Å². The molecule has 2 aliphatic rings. The van der Waals surface area contributed by atoms with Crippen LogP contribution in [0.5, 0.6) is 5.75 Å². The number of methoxy groups -OCH3 is 1. The predicted molar refractivity (Wildman–Crippen MR) is 217 cm³/mol. The Balaban J connectivity index is 1.78. The van der Waals surface area contributed by atoms with Crippen LogP contribution in [0.15, 0.2) is 112 Å². The molecule has 0 spiro atoms. The van der Waals surface area contributed by atoms with Crippen LogP contribution < -0.4 is 9.64 Å². The van der Waals surface area contributed by atoms with Gasteiger partial charge in [-0.15, -0.1) is 0 Å². The second-order valence-corrected chi connectivity index (χ2v) is 15.0. The van der Waals surface area contributed by atoms with E-state index >= 15 is 0 Å². The lowest BCUT2D eigenvalue weighted by Gasteiger charge is -2.34. The van der Waals surface area contributed by atoms with Crippen molar-refractivity contribution < 1.29 is 9.47 Å². The van der Waals surface area contributed by atoms with E-state index in [-0.39, 0.29) is 22.3 Å². The van der Waals surface area contributed by atoms with Crippen molar-refractivity contribution in [2.45, 2.75) is 105 Å². The number of rotatable bonds is 16. The summed E-state index contributed by atoms with van der Waals surface area (Å²) >= 11 is 0. The number of anilines is 1. The fourth-order valence-corrected chi connectivity index (χ4v) is 7.36. The first-order valence-electron chi connectivity index (χ1n) is 19.2. The lowest BCUT2D eigenvalue weighted by atomic mass is 9.70. The molecule has 2 aromatic carbocycles. The Bertz CT molecular complexity index is 1900. The minimum Gasteiger partial charge on any atom is -0.496 e. The van der Waals surface area contributed by atoms with Gasteiger partial charge in [0.2, 0.25) is 0 Å². The second-order valence-electron chi connectivity index (χ2n) is 15.0. The smallest absolute Gasteiger partial charge is 0.172 e. The summed E-state index contributed by atoms with van der Waals surface area (Å²) in [5, 5.41) is 29.7. The standard InChI is InChI=1S/C47H56N4O2/c1-8-11-21-41-36(18-17-22-43-42(34-50)45(38(32-48)33-49)53-47(43,6)39-19-15-14-16-20-39)30-46(4,5)31-37(41)24-23-35-25-26-40(29-44(35)52-7)51(27-12-9-2)28-13-10-3/h14-20,22-26,29H,8-13,21,27-28,30-31H2,1-7H3/b22-17+,24-23+,36-18+. The highest BCUT2D eigenvalue weighted by Crippen LogP contribution is 2.48. The van der Waals surface area contributed by atoms with Crippen LogP contribution in [0.4, 0.5) is 5.69 Å². The van der Waals surface area contributed by atoms with Crippen molar-refractivity contribution in [1.82, 2.24) is 0 Å². The summed E-state index contributed by atoms with van der Waals surface area (Å²) < 4.78 is 12.3. The van der Waals surface area contributed by atoms with Crippen molar-refractivity contribution in [1.29, 1.82) is 15.8 Å². The quantitative estimate of drug-likeness (QED) is 0.161. The van der Waals surface area contributed by atoms with Crippen LogP contribution in [0.3, 0.4) is 0 Å². The van der Waals surface area contributed by atoms with Crippen LogP contribution in [0.25, 0.3) is 6.08 Å². The van der Waals surface area contributed by atoms with Gasteiger partial charge in [-0.1, -0.05) is 115 Å². The summed E-state index contributed by atoms with van der Waals surface area (Å²) in [6, 6.07) is 22.3. The Morgan fingerprint density at radius 1 is 0.868 bits per heavy atom. The molecule has 0 saturated carbocycles. The number of hydrogen-bond acceptors (Lipinski definition) is 6. The molecule has 1 unspecified atom stereocenters. The highest BCUT2D eigenvalue weighted by Gasteiger charge is 2.43. The summed E-state index contributed by atoms with van der Waals surface area (Å²) in [7, 11) is 1.76. The van der Waals surface area contributed by atoms with Gasteiger partial charge in [0.25, 0.3) is 0 Å². The number of ether oxygens (including phenoxy) is 2. The molecule has 0 saturated heterocycles. The number of unbranched alkanes of at least 4 members (excludes halogenated alkanes) is 3. The van der Waals surface area contributed by atoms with Gasteiger partial charge in [0.15, 0.2) is 16.9 Å². The molecule has 4 rings (SSSR count). The highest BCUT2D eigenvalue weighted by molar-refractivity contribution is 5.66. The van der Waals surface area contributed by atoms with E-state index in [1.807, 2.05) is 61.5 Å². The molecule has 1 atom stereocenters. The number of allylic oxidation sites excluding steroid dienone is 8. The highest BCUT2D eigenvalue weighted by atomic mass is 16.5. The maximum absolute atomic E-state index is 10.3. The van der Waals surface area contributed by atoms with Crippen LogP contribution >= 0.6 is 0 Å². The molecule has 0 N–H and O–H groups in total. The fourth-order valence-electron chi connectivity index (χ4n) is 7.36. The van der Waals surface area contributed by atoms with E-state index in [0.717, 1.165) is 62.1 Å². The number of benzene rings is 2. The lowest BCUT2D eigenvalue weighted by molar-refractivity contribution is 0.0755. The third kappa shape index (κ3) is 9.80. The van der Waals surface area contributed by atoms with E-state index in [0.29, 0.717) is 5.57 Å². The minimum absolute atomic E-state index is 0.0315. The second kappa shape index (κ2) is 19.0. The SMILES string of the molecule is CCCCC1=C(/C=C/c2ccc(N(CCCC)CCCC)cc2OC)CC(C)(C)C/C1=C\C=C\C1=C(C#N)C(=C(C#N)C#N)OC1(C)c1ccccc1. The monoisotopic (exact) mass is 708 g/mol. The summed E-state index contributed by atoms with van der Waals surface area (Å²) in [6.45, 7) is 15.3. The van der Waals surface area contributed by atoms with Gasteiger partial charge >= 0.3 is 0 Å². The van der Waals surface area contributed by atoms with Crippen molar-refractivity contribution in [3.8, 4) is 24.0 Å². The van der Waals surface area contributed by atoms with Crippen LogP contribution in [-0.4, -0.2) is 20.2 Å². The zero-order valence-electron chi connectivity index (χ0n) is 32.9. The largest absolute Gasteiger partial charge is 0.496 e. The van der Waals surface area contributed by atoms with E-state index < -0.39 is 5.60 Å². The molecule has 53 heavy (non-hydrogen) atoms. The van der Waals surface area contributed by atoms with E-state index in [2.05, 4.69) is 82.0 Å². The van der Waals surface area contributed by atoms with Gasteiger partial charge in [-0.2, -0.15) is 15.8 Å². The third-order valence-electron chi connectivity index (χ3n) is 10.3. The molecule has 0 bridgehead atoms. The van der Waals surface area contributed by atoms with Crippen molar-refractivity contribution in [3.05, 3.63) is 123 Å². The fraction of sp³-hybridized carbons (Fsp3) is 0.426. The molecule has 6 heteroatoms. The first-order valence-corrected chi connectivity index (χ1v) is 19.2. The Kier molecular flexibility index (Phi) is 14.5. The molecule has 0 amide bonds. The van der Waals surface area contributed by atoms with E-state index in [9.17, 15) is 15.8 Å². The van der Waals surface area contributed by atoms with E-state index in [1.54, 1.807) is 7.11 Å². The van der Waals surface area contributed by atoms with E-state index in [1.165, 1.54) is 48.1 Å². The van der Waals surface area contributed by atoms with Crippen LogP contribution in [0.2, 0.25) is 0 Å². The molecule has 0 fully saturated rings. The minimum atomic E-state index is -1.05. The average Bonchev–Trinajstić information content (AvgIpc) is 3.45. The summed E-state index contributed by atoms with van der Waals surface area (Å²) in [5.41, 5.74) is 6.70. The lowest BCUT2D eigenvalue weighted by Crippen LogP contribution is -2.25. The predicted octanol–water partition coefficient (Wildman–Crippen LogP) is 12.0. The topological polar surface area (TPSA) is 93.1 Å². The zero-order chi connectivity index (χ0) is 38.4. The van der Waals surface area contributed by atoms with Crippen molar-refractivity contribution in [2.75, 3.05) is 25.1 Å². The van der Waals surface area contributed by atoms with E-state index in [4.69, 9.17) is 9.47 Å². The molecule has 1 aliphatic heterocycles. The van der Waals surface area contributed by atoms with Gasteiger partial charge in [0.1, 0.15) is 29.5 Å². The van der Waals surface area contributed by atoms with Crippen molar-refractivity contribution >= 4 is 11.8 Å². The summed E-state index contributed by atoms with van der Waals surface area (Å²) in [4.78, 5) is 2.49.